The molecule has 3 fully saturated rings. The molecule has 0 amide bonds. The van der Waals surface area contributed by atoms with Crippen molar-refractivity contribution in [1.82, 2.24) is 0 Å². The van der Waals surface area contributed by atoms with Crippen LogP contribution in [0.25, 0.3) is 0 Å². The number of epoxide rings is 2. The molecule has 1 saturated carbocycles. The Morgan fingerprint density at radius 3 is 2.50 bits per heavy atom. The Morgan fingerprint density at radius 1 is 1.17 bits per heavy atom. The van der Waals surface area contributed by atoms with Crippen LogP contribution in [0.15, 0.2) is 11.1 Å². The van der Waals surface area contributed by atoms with Crippen molar-refractivity contribution in [2.45, 2.75) is 76.8 Å². The monoisotopic (exact) mass is 250 g/mol. The Labute approximate surface area is 109 Å². The minimum Gasteiger partial charge on any atom is -0.366 e. The van der Waals surface area contributed by atoms with E-state index in [0.717, 1.165) is 30.4 Å². The van der Waals surface area contributed by atoms with E-state index in [1.165, 1.54) is 0 Å². The van der Waals surface area contributed by atoms with E-state index in [-0.39, 0.29) is 29.2 Å². The standard InChI is InChI=1S/C15H22O3/c1-9(2)10-7-13-14(3,18-13)6-5-12-15(4,17-12)8-11(10)16/h12-13H,5-8H2,1-4H3. The first-order chi connectivity index (χ1) is 8.34. The van der Waals surface area contributed by atoms with Gasteiger partial charge in [0, 0.05) is 12.8 Å². The van der Waals surface area contributed by atoms with Gasteiger partial charge in [0.25, 0.3) is 0 Å². The summed E-state index contributed by atoms with van der Waals surface area (Å²) in [6.07, 6.45) is 3.84. The summed E-state index contributed by atoms with van der Waals surface area (Å²) in [6, 6.07) is 0. The lowest BCUT2D eigenvalue weighted by molar-refractivity contribution is -0.116. The summed E-state index contributed by atoms with van der Waals surface area (Å²) < 4.78 is 11.6. The molecule has 0 bridgehead atoms. The highest BCUT2D eigenvalue weighted by atomic mass is 16.6. The number of carbonyl (C=O) groups is 1. The smallest absolute Gasteiger partial charge is 0.161 e. The number of hydrogen-bond acceptors (Lipinski definition) is 3. The average molecular weight is 250 g/mol. The fraction of sp³-hybridized carbons (Fsp3) is 0.800. The zero-order valence-corrected chi connectivity index (χ0v) is 11.7. The zero-order chi connectivity index (χ0) is 13.1. The van der Waals surface area contributed by atoms with Crippen LogP contribution < -0.4 is 0 Å². The highest BCUT2D eigenvalue weighted by Crippen LogP contribution is 2.50. The van der Waals surface area contributed by atoms with Gasteiger partial charge in [0.15, 0.2) is 5.78 Å². The molecule has 18 heavy (non-hydrogen) atoms. The number of fused-ring (bicyclic) bond motifs is 2. The molecule has 3 heteroatoms. The van der Waals surface area contributed by atoms with E-state index in [4.69, 9.17) is 9.47 Å². The molecule has 3 nitrogen and oxygen atoms in total. The first kappa shape index (κ1) is 12.4. The zero-order valence-electron chi connectivity index (χ0n) is 11.7. The lowest BCUT2D eigenvalue weighted by atomic mass is 9.85. The molecular formula is C15H22O3. The van der Waals surface area contributed by atoms with Crippen LogP contribution >= 0.6 is 0 Å². The number of ether oxygens (including phenoxy) is 2. The lowest BCUT2D eigenvalue weighted by Gasteiger charge is -2.14. The molecule has 3 rings (SSSR count). The fourth-order valence-corrected chi connectivity index (χ4v) is 3.20. The van der Waals surface area contributed by atoms with Gasteiger partial charge < -0.3 is 9.47 Å². The van der Waals surface area contributed by atoms with E-state index in [1.807, 2.05) is 13.8 Å². The molecule has 2 heterocycles. The maximum atomic E-state index is 12.4. The van der Waals surface area contributed by atoms with Crippen molar-refractivity contribution in [3.63, 3.8) is 0 Å². The van der Waals surface area contributed by atoms with Crippen LogP contribution in [0.2, 0.25) is 0 Å². The Balaban J connectivity index is 1.86. The van der Waals surface area contributed by atoms with E-state index in [0.29, 0.717) is 6.42 Å². The van der Waals surface area contributed by atoms with Gasteiger partial charge in [-0.15, -0.1) is 0 Å². The summed E-state index contributed by atoms with van der Waals surface area (Å²) in [5.41, 5.74) is 1.85. The Kier molecular flexibility index (Phi) is 2.52. The second-order valence-corrected chi connectivity index (χ2v) is 6.66. The molecule has 0 aromatic heterocycles. The second kappa shape index (κ2) is 3.67. The molecule has 100 valence electrons. The Bertz CT molecular complexity index is 435. The summed E-state index contributed by atoms with van der Waals surface area (Å²) in [5.74, 6) is 0.250. The minimum absolute atomic E-state index is 0.0226. The minimum atomic E-state index is -0.212. The Hall–Kier alpha value is -0.670. The number of allylic oxidation sites excluding steroid dienone is 1. The maximum absolute atomic E-state index is 12.4. The quantitative estimate of drug-likeness (QED) is 0.490. The molecule has 3 aliphatic rings. The SMILES string of the molecule is CC(C)=C1CC2OC2(C)CCC2OC2(C)CC1=O. The van der Waals surface area contributed by atoms with Crippen LogP contribution in [0.3, 0.4) is 0 Å². The van der Waals surface area contributed by atoms with Crippen LogP contribution in [0, 0.1) is 0 Å². The van der Waals surface area contributed by atoms with E-state index in [2.05, 4.69) is 13.8 Å². The predicted octanol–water partition coefficient (Wildman–Crippen LogP) is 2.78. The number of rotatable bonds is 0. The fourth-order valence-electron chi connectivity index (χ4n) is 3.20. The van der Waals surface area contributed by atoms with Crippen molar-refractivity contribution in [2.75, 3.05) is 0 Å². The highest BCUT2D eigenvalue weighted by molar-refractivity contribution is 5.97. The van der Waals surface area contributed by atoms with E-state index < -0.39 is 0 Å². The molecule has 0 spiro atoms. The average Bonchev–Trinajstić information content (AvgIpc) is 3.09. The third kappa shape index (κ3) is 1.94. The van der Waals surface area contributed by atoms with Gasteiger partial charge in [-0.1, -0.05) is 5.57 Å². The second-order valence-electron chi connectivity index (χ2n) is 6.66. The summed E-state index contributed by atoms with van der Waals surface area (Å²) in [6.45, 7) is 8.26. The van der Waals surface area contributed by atoms with Crippen molar-refractivity contribution in [3.05, 3.63) is 11.1 Å². The molecular weight excluding hydrogens is 228 g/mol. The molecule has 0 N–H and O–H groups in total. The topological polar surface area (TPSA) is 42.1 Å². The largest absolute Gasteiger partial charge is 0.366 e. The van der Waals surface area contributed by atoms with Crippen molar-refractivity contribution in [1.29, 1.82) is 0 Å². The van der Waals surface area contributed by atoms with Gasteiger partial charge in [0.2, 0.25) is 0 Å². The van der Waals surface area contributed by atoms with E-state index >= 15 is 0 Å². The van der Waals surface area contributed by atoms with Gasteiger partial charge in [0.1, 0.15) is 0 Å². The maximum Gasteiger partial charge on any atom is 0.161 e. The molecule has 4 unspecified atom stereocenters. The molecule has 0 radical (unpaired) electrons. The number of hydrogen-bond donors (Lipinski definition) is 0. The Morgan fingerprint density at radius 2 is 1.83 bits per heavy atom. The molecule has 2 saturated heterocycles. The van der Waals surface area contributed by atoms with Crippen LogP contribution in [-0.4, -0.2) is 29.2 Å². The number of ketones is 1. The summed E-state index contributed by atoms with van der Waals surface area (Å²) in [4.78, 5) is 12.4. The number of Topliss-reactive ketones (excluding diaryl/α,β-unsaturated/α-hetero) is 1. The van der Waals surface area contributed by atoms with E-state index in [9.17, 15) is 4.79 Å². The van der Waals surface area contributed by atoms with Crippen molar-refractivity contribution in [2.24, 2.45) is 0 Å². The van der Waals surface area contributed by atoms with Gasteiger partial charge in [-0.2, -0.15) is 0 Å². The highest BCUT2D eigenvalue weighted by Gasteiger charge is 2.58. The molecule has 2 aliphatic heterocycles. The van der Waals surface area contributed by atoms with Gasteiger partial charge in [-0.05, 0) is 46.1 Å². The summed E-state index contributed by atoms with van der Waals surface area (Å²) in [7, 11) is 0. The van der Waals surface area contributed by atoms with Crippen LogP contribution in [-0.2, 0) is 14.3 Å². The summed E-state index contributed by atoms with van der Waals surface area (Å²) >= 11 is 0. The molecule has 0 aromatic carbocycles. The summed E-state index contributed by atoms with van der Waals surface area (Å²) in [5, 5.41) is 0. The van der Waals surface area contributed by atoms with Gasteiger partial charge in [0.05, 0.1) is 23.4 Å². The van der Waals surface area contributed by atoms with Crippen LogP contribution in [0.5, 0.6) is 0 Å². The van der Waals surface area contributed by atoms with Gasteiger partial charge in [-0.25, -0.2) is 0 Å². The van der Waals surface area contributed by atoms with Gasteiger partial charge in [-0.3, -0.25) is 4.79 Å². The molecule has 0 aromatic rings. The van der Waals surface area contributed by atoms with Crippen LogP contribution in [0.1, 0.15) is 53.4 Å². The third-order valence-electron chi connectivity index (χ3n) is 4.81. The van der Waals surface area contributed by atoms with E-state index in [1.54, 1.807) is 0 Å². The van der Waals surface area contributed by atoms with Gasteiger partial charge >= 0.3 is 0 Å². The first-order valence-corrected chi connectivity index (χ1v) is 6.89. The molecule has 1 aliphatic carbocycles. The normalized spacial score (nSPS) is 47.1. The lowest BCUT2D eigenvalue weighted by Crippen LogP contribution is -2.23. The third-order valence-corrected chi connectivity index (χ3v) is 4.81. The van der Waals surface area contributed by atoms with Crippen LogP contribution in [0.4, 0.5) is 0 Å². The van der Waals surface area contributed by atoms with Crippen molar-refractivity contribution < 1.29 is 14.3 Å². The molecule has 4 atom stereocenters. The number of carbonyl (C=O) groups excluding carboxylic acids is 1. The van der Waals surface area contributed by atoms with Crippen molar-refractivity contribution >= 4 is 5.78 Å². The van der Waals surface area contributed by atoms with Crippen molar-refractivity contribution in [3.8, 4) is 0 Å². The first-order valence-electron chi connectivity index (χ1n) is 6.89. The predicted molar refractivity (Wildman–Crippen MR) is 68.4 cm³/mol.